The zero-order valence-electron chi connectivity index (χ0n) is 9.08. The molecule has 0 aliphatic heterocycles. The molecule has 0 unspecified atom stereocenters. The molecule has 1 N–H and O–H groups in total. The summed E-state index contributed by atoms with van der Waals surface area (Å²) < 4.78 is 13.8. The summed E-state index contributed by atoms with van der Waals surface area (Å²) in [4.78, 5) is 11.9. The second kappa shape index (κ2) is 5.67. The van der Waals surface area contributed by atoms with E-state index in [1.54, 1.807) is 24.3 Å². The van der Waals surface area contributed by atoms with Crippen LogP contribution in [-0.2, 0) is 0 Å². The zero-order valence-corrected chi connectivity index (χ0v) is 12.0. The van der Waals surface area contributed by atoms with E-state index in [9.17, 15) is 9.18 Å². The number of hydrogen-bond acceptors (Lipinski definition) is 1. The van der Waals surface area contributed by atoms with E-state index >= 15 is 0 Å². The van der Waals surface area contributed by atoms with Gasteiger partial charge in [0.15, 0.2) is 0 Å². The van der Waals surface area contributed by atoms with Crippen LogP contribution in [0.2, 0.25) is 5.02 Å². The van der Waals surface area contributed by atoms with Crippen LogP contribution in [-0.4, -0.2) is 5.91 Å². The molecule has 1 amide bonds. The standard InChI is InChI=1S/C13H8ClFINO/c14-11-6-8(4-5-12(11)16)13(18)17-10-3-1-2-9(15)7-10/h1-7H,(H,17,18). The second-order valence-electron chi connectivity index (χ2n) is 3.59. The summed E-state index contributed by atoms with van der Waals surface area (Å²) in [5, 5.41) is 3.12. The maximum Gasteiger partial charge on any atom is 0.255 e. The molecule has 0 fully saturated rings. The molecule has 92 valence electrons. The van der Waals surface area contributed by atoms with E-state index in [1.165, 1.54) is 18.2 Å². The first-order valence-electron chi connectivity index (χ1n) is 5.08. The van der Waals surface area contributed by atoms with Gasteiger partial charge >= 0.3 is 0 Å². The minimum atomic E-state index is -0.395. The van der Waals surface area contributed by atoms with Crippen LogP contribution in [0.1, 0.15) is 10.4 Å². The lowest BCUT2D eigenvalue weighted by Gasteiger charge is -2.06. The lowest BCUT2D eigenvalue weighted by atomic mass is 10.2. The van der Waals surface area contributed by atoms with Gasteiger partial charge in [0.2, 0.25) is 0 Å². The van der Waals surface area contributed by atoms with Crippen LogP contribution in [0.15, 0.2) is 42.5 Å². The number of rotatable bonds is 2. The smallest absolute Gasteiger partial charge is 0.255 e. The summed E-state index contributed by atoms with van der Waals surface area (Å²) in [5.74, 6) is -0.715. The second-order valence-corrected chi connectivity index (χ2v) is 5.16. The Hall–Kier alpha value is -1.14. The van der Waals surface area contributed by atoms with Gasteiger partial charge in [-0.25, -0.2) is 4.39 Å². The van der Waals surface area contributed by atoms with Crippen LogP contribution < -0.4 is 5.32 Å². The van der Waals surface area contributed by atoms with Crippen molar-refractivity contribution in [2.24, 2.45) is 0 Å². The van der Waals surface area contributed by atoms with Crippen LogP contribution in [0, 0.1) is 9.39 Å². The number of nitrogens with one attached hydrogen (secondary N) is 1. The van der Waals surface area contributed by atoms with Crippen molar-refractivity contribution in [1.82, 2.24) is 0 Å². The molecule has 18 heavy (non-hydrogen) atoms. The van der Waals surface area contributed by atoms with Gasteiger partial charge in [-0.1, -0.05) is 17.7 Å². The molecule has 0 saturated heterocycles. The fourth-order valence-electron chi connectivity index (χ4n) is 1.41. The van der Waals surface area contributed by atoms with E-state index in [0.717, 1.165) is 3.57 Å². The highest BCUT2D eigenvalue weighted by molar-refractivity contribution is 14.1. The highest BCUT2D eigenvalue weighted by Gasteiger charge is 2.08. The average molecular weight is 376 g/mol. The van der Waals surface area contributed by atoms with E-state index in [-0.39, 0.29) is 5.91 Å². The number of anilines is 1. The number of carbonyl (C=O) groups is 1. The third-order valence-corrected chi connectivity index (χ3v) is 3.84. The molecular formula is C13H8ClFINO. The summed E-state index contributed by atoms with van der Waals surface area (Å²) in [6.07, 6.45) is 0. The Morgan fingerprint density at radius 2 is 2.00 bits per heavy atom. The first kappa shape index (κ1) is 13.3. The van der Waals surface area contributed by atoms with Gasteiger partial charge in [-0.15, -0.1) is 0 Å². The lowest BCUT2D eigenvalue weighted by molar-refractivity contribution is 0.102. The van der Waals surface area contributed by atoms with Gasteiger partial charge in [-0.2, -0.15) is 0 Å². The Balaban J connectivity index is 2.19. The van der Waals surface area contributed by atoms with Gasteiger partial charge in [-0.05, 0) is 59.0 Å². The molecule has 0 saturated carbocycles. The highest BCUT2D eigenvalue weighted by atomic mass is 127. The SMILES string of the molecule is O=C(Nc1cccc(F)c1)c1ccc(I)c(Cl)c1. The first-order valence-corrected chi connectivity index (χ1v) is 6.54. The Labute approximate surface area is 122 Å². The van der Waals surface area contributed by atoms with E-state index in [4.69, 9.17) is 11.6 Å². The minimum absolute atomic E-state index is 0.320. The zero-order chi connectivity index (χ0) is 13.1. The number of hydrogen-bond donors (Lipinski definition) is 1. The predicted octanol–water partition coefficient (Wildman–Crippen LogP) is 4.34. The van der Waals surface area contributed by atoms with Gasteiger partial charge in [-0.3, -0.25) is 4.79 Å². The molecular weight excluding hydrogens is 368 g/mol. The summed E-state index contributed by atoms with van der Waals surface area (Å²) in [6.45, 7) is 0. The third kappa shape index (κ3) is 3.20. The number of halogens is 3. The molecule has 0 radical (unpaired) electrons. The largest absolute Gasteiger partial charge is 0.322 e. The molecule has 2 nitrogen and oxygen atoms in total. The van der Waals surface area contributed by atoms with E-state index in [2.05, 4.69) is 27.9 Å². The van der Waals surface area contributed by atoms with Crippen LogP contribution in [0.5, 0.6) is 0 Å². The van der Waals surface area contributed by atoms with Gasteiger partial charge in [0.25, 0.3) is 5.91 Å². The topological polar surface area (TPSA) is 29.1 Å². The first-order chi connectivity index (χ1) is 8.56. The van der Waals surface area contributed by atoms with E-state index < -0.39 is 5.82 Å². The summed E-state index contributed by atoms with van der Waals surface area (Å²) in [6, 6.07) is 10.7. The van der Waals surface area contributed by atoms with Crippen molar-refractivity contribution in [2.75, 3.05) is 5.32 Å². The molecule has 0 aromatic heterocycles. The van der Waals surface area contributed by atoms with Crippen molar-refractivity contribution in [2.45, 2.75) is 0 Å². The molecule has 0 heterocycles. The fraction of sp³-hybridized carbons (Fsp3) is 0. The van der Waals surface area contributed by atoms with E-state index in [1.807, 2.05) is 0 Å². The molecule has 5 heteroatoms. The molecule has 0 spiro atoms. The Morgan fingerprint density at radius 3 is 2.67 bits per heavy atom. The molecule has 2 aromatic carbocycles. The van der Waals surface area contributed by atoms with Gasteiger partial charge in [0.1, 0.15) is 5.82 Å². The van der Waals surface area contributed by atoms with Crippen molar-refractivity contribution < 1.29 is 9.18 Å². The fourth-order valence-corrected chi connectivity index (χ4v) is 1.92. The molecule has 0 atom stereocenters. The number of carbonyl (C=O) groups excluding carboxylic acids is 1. The van der Waals surface area contributed by atoms with Crippen LogP contribution in [0.25, 0.3) is 0 Å². The number of amides is 1. The summed E-state index contributed by atoms with van der Waals surface area (Å²) in [5.41, 5.74) is 0.847. The Morgan fingerprint density at radius 1 is 1.22 bits per heavy atom. The molecule has 0 bridgehead atoms. The van der Waals surface area contributed by atoms with Crippen molar-refractivity contribution >= 4 is 45.8 Å². The van der Waals surface area contributed by atoms with Crippen molar-refractivity contribution in [1.29, 1.82) is 0 Å². The maximum atomic E-state index is 13.0. The lowest BCUT2D eigenvalue weighted by Crippen LogP contribution is -2.12. The van der Waals surface area contributed by atoms with Crippen molar-refractivity contribution in [3.63, 3.8) is 0 Å². The Kier molecular flexibility index (Phi) is 4.19. The number of benzene rings is 2. The average Bonchev–Trinajstić information content (AvgIpc) is 2.32. The highest BCUT2D eigenvalue weighted by Crippen LogP contribution is 2.20. The minimum Gasteiger partial charge on any atom is -0.322 e. The van der Waals surface area contributed by atoms with Gasteiger partial charge in [0, 0.05) is 14.8 Å². The van der Waals surface area contributed by atoms with Crippen molar-refractivity contribution in [3.8, 4) is 0 Å². The van der Waals surface area contributed by atoms with Crippen LogP contribution in [0.3, 0.4) is 0 Å². The van der Waals surface area contributed by atoms with Crippen LogP contribution >= 0.6 is 34.2 Å². The summed E-state index contributed by atoms with van der Waals surface area (Å²) in [7, 11) is 0. The van der Waals surface area contributed by atoms with Crippen molar-refractivity contribution in [3.05, 3.63) is 62.4 Å². The van der Waals surface area contributed by atoms with E-state index in [0.29, 0.717) is 16.3 Å². The third-order valence-electron chi connectivity index (χ3n) is 2.26. The normalized spacial score (nSPS) is 10.2. The van der Waals surface area contributed by atoms with Gasteiger partial charge < -0.3 is 5.32 Å². The molecule has 2 aromatic rings. The Bertz CT molecular complexity index is 603. The van der Waals surface area contributed by atoms with Gasteiger partial charge in [0.05, 0.1) is 5.02 Å². The monoisotopic (exact) mass is 375 g/mol. The molecule has 0 aliphatic rings. The predicted molar refractivity (Wildman–Crippen MR) is 78.5 cm³/mol. The quantitative estimate of drug-likeness (QED) is 0.778. The maximum absolute atomic E-state index is 13.0. The summed E-state index contributed by atoms with van der Waals surface area (Å²) >= 11 is 8.02. The van der Waals surface area contributed by atoms with Crippen LogP contribution in [0.4, 0.5) is 10.1 Å². The molecule has 0 aliphatic carbocycles. The molecule has 2 rings (SSSR count).